The molecule has 1 unspecified atom stereocenters. The highest BCUT2D eigenvalue weighted by Gasteiger charge is 2.52. The minimum absolute atomic E-state index is 0.100. The molecule has 2 amide bonds. The third-order valence-corrected chi connectivity index (χ3v) is 5.19. The molecule has 1 aromatic rings. The Kier molecular flexibility index (Phi) is 7.10. The maximum Gasteiger partial charge on any atom is 0.218 e. The van der Waals surface area contributed by atoms with E-state index in [9.17, 15) is 9.59 Å². The zero-order chi connectivity index (χ0) is 18.1. The number of nitrogens with one attached hydrogen (secondary N) is 3. The van der Waals surface area contributed by atoms with Crippen molar-refractivity contribution in [3.05, 3.63) is 42.6 Å². The Hall–Kier alpha value is -2.24. The summed E-state index contributed by atoms with van der Waals surface area (Å²) in [6, 6.07) is 10.2. The van der Waals surface area contributed by atoms with Gasteiger partial charge in [0.05, 0.1) is 0 Å². The van der Waals surface area contributed by atoms with Gasteiger partial charge in [0.2, 0.25) is 19.0 Å². The topological polar surface area (TPSA) is 70.2 Å². The lowest BCUT2D eigenvalue weighted by Crippen LogP contribution is -2.45. The minimum Gasteiger partial charge on any atom is -0.389 e. The second-order valence-electron chi connectivity index (χ2n) is 6.64. The average Bonchev–Trinajstić information content (AvgIpc) is 2.96. The summed E-state index contributed by atoms with van der Waals surface area (Å²) in [7, 11) is 0. The molecule has 2 rings (SSSR count). The van der Waals surface area contributed by atoms with Crippen LogP contribution in [-0.4, -0.2) is 38.6 Å². The number of amides is 2. The Morgan fingerprint density at radius 1 is 1.32 bits per heavy atom. The van der Waals surface area contributed by atoms with Gasteiger partial charge in [0, 0.05) is 30.5 Å². The molecule has 1 aliphatic heterocycles. The van der Waals surface area contributed by atoms with E-state index in [0.29, 0.717) is 25.8 Å². The van der Waals surface area contributed by atoms with Crippen molar-refractivity contribution < 1.29 is 9.59 Å². The van der Waals surface area contributed by atoms with Crippen molar-refractivity contribution >= 4 is 24.5 Å². The third-order valence-electron chi connectivity index (χ3n) is 5.19. The third kappa shape index (κ3) is 4.65. The molecule has 0 saturated carbocycles. The van der Waals surface area contributed by atoms with Crippen LogP contribution in [0.1, 0.15) is 32.6 Å². The van der Waals surface area contributed by atoms with Crippen LogP contribution in [0.4, 0.5) is 0 Å². The molecule has 25 heavy (non-hydrogen) atoms. The highest BCUT2D eigenvalue weighted by molar-refractivity contribution is 6.81. The maximum atomic E-state index is 12.8. The molecular weight excluding hydrogens is 313 g/mol. The van der Waals surface area contributed by atoms with Crippen LogP contribution in [0.2, 0.25) is 5.31 Å². The first-order valence-electron chi connectivity index (χ1n) is 9.06. The van der Waals surface area contributed by atoms with E-state index in [1.807, 2.05) is 18.2 Å². The first kappa shape index (κ1) is 19.1. The van der Waals surface area contributed by atoms with Gasteiger partial charge >= 0.3 is 0 Å². The lowest BCUT2D eigenvalue weighted by molar-refractivity contribution is -0.123. The smallest absolute Gasteiger partial charge is 0.218 e. The fourth-order valence-corrected chi connectivity index (χ4v) is 3.70. The van der Waals surface area contributed by atoms with Crippen LogP contribution in [0.3, 0.4) is 0 Å². The van der Waals surface area contributed by atoms with Crippen molar-refractivity contribution in [2.75, 3.05) is 19.5 Å². The van der Waals surface area contributed by atoms with E-state index in [2.05, 4.69) is 41.6 Å². The summed E-state index contributed by atoms with van der Waals surface area (Å²) in [5.74, 6) is 0.100. The number of carbonyl (C=O) groups is 2. The molecule has 0 aliphatic carbocycles. The molecule has 1 saturated heterocycles. The molecule has 0 radical (unpaired) electrons. The second kappa shape index (κ2) is 9.30. The van der Waals surface area contributed by atoms with Gasteiger partial charge in [-0.25, -0.2) is 0 Å². The van der Waals surface area contributed by atoms with E-state index >= 15 is 0 Å². The van der Waals surface area contributed by atoms with Crippen molar-refractivity contribution in [1.82, 2.24) is 16.0 Å². The Labute approximate surface area is 150 Å². The van der Waals surface area contributed by atoms with Crippen LogP contribution < -0.4 is 21.4 Å². The predicted molar refractivity (Wildman–Crippen MR) is 103 cm³/mol. The number of carbonyl (C=O) groups excluding carboxylic acids is 2. The summed E-state index contributed by atoms with van der Waals surface area (Å²) in [5, 5.41) is 8.61. The lowest BCUT2D eigenvalue weighted by Gasteiger charge is -2.31. The van der Waals surface area contributed by atoms with Gasteiger partial charge in [-0.15, -0.1) is 0 Å². The summed E-state index contributed by atoms with van der Waals surface area (Å²) in [5.41, 5.74) is 2.20. The zero-order valence-corrected chi connectivity index (χ0v) is 15.0. The number of hydrogen-bond acceptors (Lipinski definition) is 3. The van der Waals surface area contributed by atoms with Gasteiger partial charge in [0.1, 0.15) is 0 Å². The van der Waals surface area contributed by atoms with Gasteiger partial charge in [-0.3, -0.25) is 9.59 Å². The lowest BCUT2D eigenvalue weighted by atomic mass is 9.30. The number of rotatable bonds is 11. The molecule has 6 heteroatoms. The standard InChI is InChI=1S/C19H28BN3O2/c1-3-16(2)22-12-7-10-19(11-13-21-15-24)18(25)23-14-20(19)17-8-5-4-6-9-17/h4-6,8-9,15,22H,2-3,7,10-14H2,1H3,(H,21,24)(H,23,25). The van der Waals surface area contributed by atoms with Gasteiger partial charge in [-0.1, -0.05) is 49.3 Å². The molecule has 1 aromatic carbocycles. The molecule has 5 nitrogen and oxygen atoms in total. The quantitative estimate of drug-likeness (QED) is 0.322. The van der Waals surface area contributed by atoms with Crippen molar-refractivity contribution in [2.24, 2.45) is 0 Å². The number of allylic oxidation sites excluding steroid dienone is 1. The van der Waals surface area contributed by atoms with E-state index in [4.69, 9.17) is 0 Å². The molecule has 1 aliphatic rings. The van der Waals surface area contributed by atoms with E-state index in [-0.39, 0.29) is 12.6 Å². The predicted octanol–water partition coefficient (Wildman–Crippen LogP) is 1.23. The largest absolute Gasteiger partial charge is 0.389 e. The molecular formula is C19H28BN3O2. The van der Waals surface area contributed by atoms with Crippen LogP contribution in [0.5, 0.6) is 0 Å². The van der Waals surface area contributed by atoms with Crippen LogP contribution in [0, 0.1) is 0 Å². The van der Waals surface area contributed by atoms with Gasteiger partial charge in [-0.2, -0.15) is 0 Å². The summed E-state index contributed by atoms with van der Waals surface area (Å²) in [4.78, 5) is 23.4. The van der Waals surface area contributed by atoms with E-state index < -0.39 is 5.31 Å². The first-order valence-corrected chi connectivity index (χ1v) is 9.06. The SMILES string of the molecule is C=C(CC)NCCCC1(CCNC=O)B(c2ccccc2)CNC1=O. The van der Waals surface area contributed by atoms with Crippen LogP contribution in [0.15, 0.2) is 42.6 Å². The van der Waals surface area contributed by atoms with Crippen molar-refractivity contribution in [3.8, 4) is 0 Å². The summed E-state index contributed by atoms with van der Waals surface area (Å²) in [6.45, 7) is 7.47. The Morgan fingerprint density at radius 2 is 2.08 bits per heavy atom. The van der Waals surface area contributed by atoms with Gasteiger partial charge in [0.25, 0.3) is 0 Å². The second-order valence-corrected chi connectivity index (χ2v) is 6.64. The Bertz CT molecular complexity index is 594. The van der Waals surface area contributed by atoms with Crippen LogP contribution >= 0.6 is 0 Å². The monoisotopic (exact) mass is 341 g/mol. The van der Waals surface area contributed by atoms with E-state index in [0.717, 1.165) is 31.5 Å². The highest BCUT2D eigenvalue weighted by Crippen LogP contribution is 2.42. The average molecular weight is 341 g/mol. The minimum atomic E-state index is -0.480. The molecule has 0 bridgehead atoms. The highest BCUT2D eigenvalue weighted by atomic mass is 16.2. The summed E-state index contributed by atoms with van der Waals surface area (Å²) in [6.07, 6.45) is 4.57. The molecule has 1 heterocycles. The van der Waals surface area contributed by atoms with Crippen LogP contribution in [0.25, 0.3) is 0 Å². The summed E-state index contributed by atoms with van der Waals surface area (Å²) >= 11 is 0. The molecule has 0 aromatic heterocycles. The summed E-state index contributed by atoms with van der Waals surface area (Å²) < 4.78 is 0. The normalized spacial score (nSPS) is 19.4. The van der Waals surface area contributed by atoms with E-state index in [1.165, 1.54) is 5.46 Å². The fourth-order valence-electron chi connectivity index (χ4n) is 3.70. The Balaban J connectivity index is 2.14. The Morgan fingerprint density at radius 3 is 2.76 bits per heavy atom. The van der Waals surface area contributed by atoms with Crippen molar-refractivity contribution in [1.29, 1.82) is 0 Å². The van der Waals surface area contributed by atoms with Gasteiger partial charge in [-0.05, 0) is 25.7 Å². The van der Waals surface area contributed by atoms with Crippen LogP contribution in [-0.2, 0) is 9.59 Å². The zero-order valence-electron chi connectivity index (χ0n) is 15.0. The molecule has 0 spiro atoms. The first-order chi connectivity index (χ1) is 12.1. The number of benzene rings is 1. The molecule has 3 N–H and O–H groups in total. The van der Waals surface area contributed by atoms with Gasteiger partial charge in [0.15, 0.2) is 0 Å². The molecule has 134 valence electrons. The molecule has 1 fully saturated rings. The van der Waals surface area contributed by atoms with E-state index in [1.54, 1.807) is 0 Å². The molecule has 1 atom stereocenters. The van der Waals surface area contributed by atoms with Gasteiger partial charge < -0.3 is 16.0 Å². The van der Waals surface area contributed by atoms with Crippen molar-refractivity contribution in [3.63, 3.8) is 0 Å². The number of hydrogen-bond donors (Lipinski definition) is 3. The fraction of sp³-hybridized carbons (Fsp3) is 0.474. The maximum absolute atomic E-state index is 12.8. The van der Waals surface area contributed by atoms with Crippen molar-refractivity contribution in [2.45, 2.75) is 37.9 Å².